The highest BCUT2D eigenvalue weighted by Gasteiger charge is 2.30. The van der Waals surface area contributed by atoms with Gasteiger partial charge in [-0.2, -0.15) is 0 Å². The zero-order valence-electron chi connectivity index (χ0n) is 17.7. The predicted octanol–water partition coefficient (Wildman–Crippen LogP) is 3.79. The summed E-state index contributed by atoms with van der Waals surface area (Å²) < 4.78 is 0. The summed E-state index contributed by atoms with van der Waals surface area (Å²) in [5.41, 5.74) is 1.80. The van der Waals surface area contributed by atoms with Gasteiger partial charge in [0.1, 0.15) is 6.54 Å². The maximum atomic E-state index is 13.4. The first-order valence-corrected chi connectivity index (χ1v) is 10.1. The summed E-state index contributed by atoms with van der Waals surface area (Å²) >= 11 is 6.11. The first kappa shape index (κ1) is 24.7. The van der Waals surface area contributed by atoms with Gasteiger partial charge in [0.25, 0.3) is 11.8 Å². The summed E-state index contributed by atoms with van der Waals surface area (Å²) in [6, 6.07) is 11.9. The van der Waals surface area contributed by atoms with Gasteiger partial charge in [-0.25, -0.2) is 0 Å². The molecule has 1 N–H and O–H groups in total. The van der Waals surface area contributed by atoms with Crippen LogP contribution in [0.4, 0.5) is 17.1 Å². The number of amides is 3. The minimum atomic E-state index is -0.321. The van der Waals surface area contributed by atoms with Crippen molar-refractivity contribution in [1.82, 2.24) is 9.80 Å². The molecule has 0 radical (unpaired) electrons. The normalized spacial score (nSPS) is 12.3. The molecule has 2 aromatic carbocycles. The molecule has 2 aromatic rings. The maximum Gasteiger partial charge on any atom is 0.257 e. The van der Waals surface area contributed by atoms with E-state index in [2.05, 4.69) is 5.32 Å². The van der Waals surface area contributed by atoms with Crippen molar-refractivity contribution in [3.8, 4) is 0 Å². The zero-order chi connectivity index (χ0) is 21.8. The fraction of sp³-hybridized carbons (Fsp3) is 0.318. The molecular weight excluding hydrogens is 439 g/mol. The Bertz CT molecular complexity index is 981. The minimum absolute atomic E-state index is 0. The molecule has 1 aliphatic heterocycles. The Labute approximate surface area is 193 Å². The second-order valence-electron chi connectivity index (χ2n) is 7.46. The Morgan fingerprint density at radius 1 is 1.06 bits per heavy atom. The highest BCUT2D eigenvalue weighted by molar-refractivity contribution is 6.31. The molecule has 0 unspecified atom stereocenters. The molecular formula is C22H26Cl2N4O3. The van der Waals surface area contributed by atoms with Gasteiger partial charge in [-0.05, 0) is 57.4 Å². The van der Waals surface area contributed by atoms with Crippen molar-refractivity contribution >= 4 is 58.8 Å². The molecule has 3 rings (SSSR count). The largest absolute Gasteiger partial charge is 0.334 e. The van der Waals surface area contributed by atoms with Crippen LogP contribution in [-0.4, -0.2) is 61.3 Å². The van der Waals surface area contributed by atoms with Gasteiger partial charge < -0.3 is 15.1 Å². The van der Waals surface area contributed by atoms with Crippen molar-refractivity contribution < 1.29 is 14.4 Å². The summed E-state index contributed by atoms with van der Waals surface area (Å²) in [7, 11) is 3.92. The van der Waals surface area contributed by atoms with E-state index >= 15 is 0 Å². The fourth-order valence-electron chi connectivity index (χ4n) is 3.41. The van der Waals surface area contributed by atoms with Gasteiger partial charge in [0, 0.05) is 18.5 Å². The average Bonchev–Trinajstić information content (AvgIpc) is 2.80. The van der Waals surface area contributed by atoms with E-state index in [-0.39, 0.29) is 36.7 Å². The van der Waals surface area contributed by atoms with E-state index in [1.165, 1.54) is 16.7 Å². The molecule has 1 aliphatic rings. The summed E-state index contributed by atoms with van der Waals surface area (Å²) in [5.74, 6) is -0.794. The number of carbonyl (C=O) groups is 3. The van der Waals surface area contributed by atoms with Crippen LogP contribution in [-0.2, 0) is 9.59 Å². The van der Waals surface area contributed by atoms with Gasteiger partial charge in [-0.3, -0.25) is 19.3 Å². The molecule has 0 spiro atoms. The SMILES string of the molecule is CC(=O)N(CCCN(C)C)CC(=O)N1c2ccc(Cl)cc2NC(=O)c2ccccc21.Cl. The van der Waals surface area contributed by atoms with Crippen LogP contribution in [0.1, 0.15) is 23.7 Å². The number of nitrogens with one attached hydrogen (secondary N) is 1. The number of carbonyl (C=O) groups excluding carboxylic acids is 3. The Morgan fingerprint density at radius 2 is 1.77 bits per heavy atom. The third kappa shape index (κ3) is 5.76. The van der Waals surface area contributed by atoms with E-state index in [1.54, 1.807) is 42.5 Å². The topological polar surface area (TPSA) is 73.0 Å². The minimum Gasteiger partial charge on any atom is -0.334 e. The van der Waals surface area contributed by atoms with Gasteiger partial charge in [0.05, 0.1) is 22.6 Å². The van der Waals surface area contributed by atoms with Crippen molar-refractivity contribution in [2.45, 2.75) is 13.3 Å². The van der Waals surface area contributed by atoms with Gasteiger partial charge in [-0.15, -0.1) is 12.4 Å². The lowest BCUT2D eigenvalue weighted by atomic mass is 10.1. The van der Waals surface area contributed by atoms with Crippen molar-refractivity contribution in [3.63, 3.8) is 0 Å². The Morgan fingerprint density at radius 3 is 2.45 bits per heavy atom. The number of halogens is 2. The van der Waals surface area contributed by atoms with Gasteiger partial charge >= 0.3 is 0 Å². The first-order valence-electron chi connectivity index (χ1n) is 9.71. The van der Waals surface area contributed by atoms with Gasteiger partial charge in [0.15, 0.2) is 0 Å². The summed E-state index contributed by atoms with van der Waals surface area (Å²) in [6.07, 6.45) is 0.753. The number of nitrogens with zero attached hydrogens (tertiary/aromatic N) is 3. The van der Waals surface area contributed by atoms with Crippen LogP contribution in [0.25, 0.3) is 0 Å². The van der Waals surface area contributed by atoms with E-state index in [0.717, 1.165) is 13.0 Å². The molecule has 0 fully saturated rings. The van der Waals surface area contributed by atoms with E-state index in [0.29, 0.717) is 34.2 Å². The molecule has 31 heavy (non-hydrogen) atoms. The van der Waals surface area contributed by atoms with Crippen molar-refractivity contribution in [1.29, 1.82) is 0 Å². The summed E-state index contributed by atoms with van der Waals surface area (Å²) in [4.78, 5) is 43.4. The summed E-state index contributed by atoms with van der Waals surface area (Å²) in [5, 5.41) is 3.27. The van der Waals surface area contributed by atoms with Crippen LogP contribution in [0.15, 0.2) is 42.5 Å². The number of benzene rings is 2. The van der Waals surface area contributed by atoms with E-state index < -0.39 is 0 Å². The maximum absolute atomic E-state index is 13.4. The molecule has 0 aliphatic carbocycles. The van der Waals surface area contributed by atoms with Crippen molar-refractivity contribution in [3.05, 3.63) is 53.1 Å². The van der Waals surface area contributed by atoms with Gasteiger partial charge in [0.2, 0.25) is 5.91 Å². The number of anilines is 3. The summed E-state index contributed by atoms with van der Waals surface area (Å²) in [6.45, 7) is 2.65. The lowest BCUT2D eigenvalue weighted by Gasteiger charge is -2.28. The zero-order valence-corrected chi connectivity index (χ0v) is 19.3. The fourth-order valence-corrected chi connectivity index (χ4v) is 3.58. The molecule has 0 bridgehead atoms. The Balaban J connectivity index is 0.00000341. The van der Waals surface area contributed by atoms with Crippen LogP contribution < -0.4 is 10.2 Å². The number of hydrogen-bond acceptors (Lipinski definition) is 4. The lowest BCUT2D eigenvalue weighted by molar-refractivity contribution is -0.133. The van der Waals surface area contributed by atoms with Crippen LogP contribution in [0, 0.1) is 0 Å². The molecule has 1 heterocycles. The quantitative estimate of drug-likeness (QED) is 0.705. The molecule has 166 valence electrons. The van der Waals surface area contributed by atoms with Crippen LogP contribution in [0.5, 0.6) is 0 Å². The smallest absolute Gasteiger partial charge is 0.257 e. The molecule has 3 amide bonds. The van der Waals surface area contributed by atoms with Crippen molar-refractivity contribution in [2.75, 3.05) is 43.9 Å². The van der Waals surface area contributed by atoms with E-state index in [9.17, 15) is 14.4 Å². The Hall–Kier alpha value is -2.61. The molecule has 0 aromatic heterocycles. The number of rotatable bonds is 6. The molecule has 0 saturated heterocycles. The van der Waals surface area contributed by atoms with Crippen molar-refractivity contribution in [2.24, 2.45) is 0 Å². The number of fused-ring (bicyclic) bond motifs is 2. The lowest BCUT2D eigenvalue weighted by Crippen LogP contribution is -2.41. The van der Waals surface area contributed by atoms with Crippen LogP contribution in [0.2, 0.25) is 5.02 Å². The van der Waals surface area contributed by atoms with Crippen LogP contribution >= 0.6 is 24.0 Å². The second kappa shape index (κ2) is 10.6. The second-order valence-corrected chi connectivity index (χ2v) is 7.90. The van der Waals surface area contributed by atoms with E-state index in [4.69, 9.17) is 11.6 Å². The molecule has 0 saturated carbocycles. The standard InChI is InChI=1S/C22H25ClN4O3.ClH/c1-15(28)26(12-6-11-25(2)3)14-21(29)27-19-8-5-4-7-17(19)22(30)24-18-13-16(23)9-10-20(18)27;/h4-5,7-10,13H,6,11-12,14H2,1-3H3,(H,24,30);1H. The molecule has 0 atom stereocenters. The average molecular weight is 465 g/mol. The highest BCUT2D eigenvalue weighted by atomic mass is 35.5. The van der Waals surface area contributed by atoms with Crippen LogP contribution in [0.3, 0.4) is 0 Å². The third-order valence-electron chi connectivity index (χ3n) is 4.89. The molecule has 9 heteroatoms. The third-order valence-corrected chi connectivity index (χ3v) is 5.13. The predicted molar refractivity (Wildman–Crippen MR) is 126 cm³/mol. The molecule has 7 nitrogen and oxygen atoms in total. The van der Waals surface area contributed by atoms with Gasteiger partial charge in [-0.1, -0.05) is 23.7 Å². The monoisotopic (exact) mass is 464 g/mol. The Kier molecular flexibility index (Phi) is 8.44. The highest BCUT2D eigenvalue weighted by Crippen LogP contribution is 2.39. The van der Waals surface area contributed by atoms with E-state index in [1.807, 2.05) is 19.0 Å². The number of para-hydroxylation sites is 1. The first-order chi connectivity index (χ1) is 14.3. The number of hydrogen-bond donors (Lipinski definition) is 1.